The predicted molar refractivity (Wildman–Crippen MR) is 126 cm³/mol. The van der Waals surface area contributed by atoms with Gasteiger partial charge in [-0.2, -0.15) is 0 Å². The third kappa shape index (κ3) is 4.11. The lowest BCUT2D eigenvalue weighted by Crippen LogP contribution is -2.67. The van der Waals surface area contributed by atoms with Gasteiger partial charge in [-0.3, -0.25) is 24.7 Å². The first kappa shape index (κ1) is 22.6. The summed E-state index contributed by atoms with van der Waals surface area (Å²) in [7, 11) is 1.65. The molecule has 0 bridgehead atoms. The van der Waals surface area contributed by atoms with Gasteiger partial charge in [-0.25, -0.2) is 4.79 Å². The summed E-state index contributed by atoms with van der Waals surface area (Å²) in [5.74, 6) is -1.01. The summed E-state index contributed by atoms with van der Waals surface area (Å²) in [6, 6.07) is 15.7. The van der Waals surface area contributed by atoms with E-state index in [0.717, 1.165) is 29.1 Å². The van der Waals surface area contributed by atoms with Gasteiger partial charge in [0, 0.05) is 30.8 Å². The Morgan fingerprint density at radius 3 is 2.56 bits per heavy atom. The van der Waals surface area contributed by atoms with Crippen LogP contribution in [-0.4, -0.2) is 77.8 Å². The van der Waals surface area contributed by atoms with Gasteiger partial charge < -0.3 is 14.5 Å². The van der Waals surface area contributed by atoms with Crippen LogP contribution >= 0.6 is 11.6 Å². The minimum atomic E-state index is -0.624. The van der Waals surface area contributed by atoms with E-state index in [1.807, 2.05) is 54.6 Å². The summed E-state index contributed by atoms with van der Waals surface area (Å²) < 4.78 is 5.31. The Morgan fingerprint density at radius 1 is 1.09 bits per heavy atom. The highest BCUT2D eigenvalue weighted by Crippen LogP contribution is 2.33. The molecule has 1 N–H and O–H groups in total. The van der Waals surface area contributed by atoms with E-state index in [0.29, 0.717) is 11.6 Å². The number of likely N-dealkylation sites (N-methyl/N-ethyl adjacent to an activating group) is 1. The van der Waals surface area contributed by atoms with Crippen molar-refractivity contribution in [1.29, 1.82) is 0 Å². The van der Waals surface area contributed by atoms with Crippen molar-refractivity contribution in [3.63, 3.8) is 0 Å². The van der Waals surface area contributed by atoms with Gasteiger partial charge in [-0.05, 0) is 36.2 Å². The Bertz CT molecular complexity index is 1080. The second-order valence-corrected chi connectivity index (χ2v) is 9.09. The van der Waals surface area contributed by atoms with E-state index in [2.05, 4.69) is 15.1 Å². The highest BCUT2D eigenvalue weighted by atomic mass is 35.5. The summed E-state index contributed by atoms with van der Waals surface area (Å²) >= 11 is 6.05. The minimum Gasteiger partial charge on any atom is -0.459 e. The summed E-state index contributed by atoms with van der Waals surface area (Å²) in [5.41, 5.74) is 1.82. The van der Waals surface area contributed by atoms with Crippen LogP contribution in [0.25, 0.3) is 0 Å². The third-order valence-electron chi connectivity index (χ3n) is 6.56. The zero-order valence-corrected chi connectivity index (χ0v) is 19.5. The number of nitrogens with one attached hydrogen (secondary N) is 1. The summed E-state index contributed by atoms with van der Waals surface area (Å²) in [4.78, 5) is 45.7. The molecule has 3 unspecified atom stereocenters. The van der Waals surface area contributed by atoms with E-state index < -0.39 is 36.7 Å². The van der Waals surface area contributed by atoms with Gasteiger partial charge in [0.15, 0.2) is 0 Å². The minimum absolute atomic E-state index is 0.0869. The molecule has 0 spiro atoms. The molecule has 178 valence electrons. The lowest BCUT2D eigenvalue weighted by atomic mass is 10.1. The van der Waals surface area contributed by atoms with Crippen LogP contribution in [-0.2, 0) is 20.9 Å². The Balaban J connectivity index is 1.31. The molecular weight excluding hydrogens is 458 g/mol. The molecule has 3 fully saturated rings. The maximum atomic E-state index is 13.5. The second kappa shape index (κ2) is 9.25. The fourth-order valence-corrected chi connectivity index (χ4v) is 5.00. The van der Waals surface area contributed by atoms with Crippen molar-refractivity contribution in [2.75, 3.05) is 31.6 Å². The van der Waals surface area contributed by atoms with E-state index in [4.69, 9.17) is 16.3 Å². The van der Waals surface area contributed by atoms with Gasteiger partial charge >= 0.3 is 12.0 Å². The zero-order chi connectivity index (χ0) is 23.8. The molecule has 10 heteroatoms. The van der Waals surface area contributed by atoms with Crippen molar-refractivity contribution in [3.05, 3.63) is 65.2 Å². The van der Waals surface area contributed by atoms with Gasteiger partial charge in [0.05, 0.1) is 0 Å². The number of imide groups is 1. The quantitative estimate of drug-likeness (QED) is 0.651. The molecule has 3 aliphatic rings. The SMILES string of the molecule is CN1C(=O)N(CC(=O)OCc2ccccc2)C(=O)C2C1NC1N(c3ccc(Cl)cc3)CCCN21. The standard InChI is InChI=1S/C24H26ClN5O4/c1-27-21-20(29-13-5-12-28(23(29)26-21)18-10-8-17(25)9-11-18)22(32)30(24(27)33)14-19(31)34-15-16-6-3-2-4-7-16/h2-4,6-11,20-21,23,26H,5,12-15H2,1H3. The van der Waals surface area contributed by atoms with Gasteiger partial charge in [-0.15, -0.1) is 0 Å². The molecular formula is C24H26ClN5O4. The molecule has 2 aromatic rings. The van der Waals surface area contributed by atoms with Crippen LogP contribution < -0.4 is 10.2 Å². The first-order chi connectivity index (χ1) is 16.4. The highest BCUT2D eigenvalue weighted by molar-refractivity contribution is 6.30. The number of nitrogens with zero attached hydrogens (tertiary/aromatic N) is 4. The van der Waals surface area contributed by atoms with Crippen LogP contribution in [0.1, 0.15) is 12.0 Å². The number of benzene rings is 2. The molecule has 5 rings (SSSR count). The first-order valence-corrected chi connectivity index (χ1v) is 11.6. The van der Waals surface area contributed by atoms with Crippen molar-refractivity contribution in [2.24, 2.45) is 0 Å². The summed E-state index contributed by atoms with van der Waals surface area (Å²) in [6.45, 7) is 1.17. The van der Waals surface area contributed by atoms with Crippen LogP contribution in [0.15, 0.2) is 54.6 Å². The largest absolute Gasteiger partial charge is 0.459 e. The topological polar surface area (TPSA) is 85.4 Å². The first-order valence-electron chi connectivity index (χ1n) is 11.3. The third-order valence-corrected chi connectivity index (χ3v) is 6.81. The van der Waals surface area contributed by atoms with Crippen LogP contribution in [0.4, 0.5) is 10.5 Å². The number of fused-ring (bicyclic) bond motifs is 3. The molecule has 2 aromatic carbocycles. The number of anilines is 1. The van der Waals surface area contributed by atoms with Crippen LogP contribution in [0.5, 0.6) is 0 Å². The number of halogens is 1. The number of carbonyl (C=O) groups excluding carboxylic acids is 3. The Morgan fingerprint density at radius 2 is 1.82 bits per heavy atom. The molecule has 9 nitrogen and oxygen atoms in total. The number of amides is 3. The molecule has 0 aliphatic carbocycles. The van der Waals surface area contributed by atoms with Crippen molar-refractivity contribution >= 4 is 35.2 Å². The molecule has 3 aliphatic heterocycles. The number of urea groups is 1. The average Bonchev–Trinajstić information content (AvgIpc) is 3.25. The van der Waals surface area contributed by atoms with E-state index in [-0.39, 0.29) is 12.9 Å². The number of rotatable bonds is 5. The number of ether oxygens (including phenoxy) is 1. The van der Waals surface area contributed by atoms with Gasteiger partial charge in [0.25, 0.3) is 5.91 Å². The zero-order valence-electron chi connectivity index (χ0n) is 18.8. The second-order valence-electron chi connectivity index (χ2n) is 8.66. The molecule has 3 heterocycles. The maximum Gasteiger partial charge on any atom is 0.328 e. The van der Waals surface area contributed by atoms with E-state index >= 15 is 0 Å². The van der Waals surface area contributed by atoms with E-state index in [9.17, 15) is 14.4 Å². The van der Waals surface area contributed by atoms with E-state index in [1.54, 1.807) is 7.05 Å². The molecule has 3 saturated heterocycles. The van der Waals surface area contributed by atoms with Gasteiger partial charge in [0.2, 0.25) is 0 Å². The predicted octanol–water partition coefficient (Wildman–Crippen LogP) is 2.07. The lowest BCUT2D eigenvalue weighted by Gasteiger charge is -2.43. The van der Waals surface area contributed by atoms with Crippen molar-refractivity contribution in [3.8, 4) is 0 Å². The fraction of sp³-hybridized carbons (Fsp3) is 0.375. The molecule has 0 saturated carbocycles. The normalized spacial score (nSPS) is 24.8. The average molecular weight is 484 g/mol. The molecule has 3 atom stereocenters. The van der Waals surface area contributed by atoms with E-state index in [1.165, 1.54) is 4.90 Å². The van der Waals surface area contributed by atoms with Crippen molar-refractivity contribution in [2.45, 2.75) is 31.5 Å². The molecule has 0 aromatic heterocycles. The van der Waals surface area contributed by atoms with Crippen LogP contribution in [0.2, 0.25) is 5.02 Å². The smallest absolute Gasteiger partial charge is 0.328 e. The monoisotopic (exact) mass is 483 g/mol. The number of carbonyl (C=O) groups is 3. The summed E-state index contributed by atoms with van der Waals surface area (Å²) in [5, 5.41) is 4.10. The number of hydrogen-bond donors (Lipinski definition) is 1. The molecule has 0 radical (unpaired) electrons. The number of hydrogen-bond acceptors (Lipinski definition) is 7. The van der Waals surface area contributed by atoms with Crippen LogP contribution in [0, 0.1) is 0 Å². The van der Waals surface area contributed by atoms with Crippen molar-refractivity contribution in [1.82, 2.24) is 20.0 Å². The van der Waals surface area contributed by atoms with Crippen LogP contribution in [0.3, 0.4) is 0 Å². The number of esters is 1. The fourth-order valence-electron chi connectivity index (χ4n) is 4.87. The maximum absolute atomic E-state index is 13.5. The Kier molecular flexibility index (Phi) is 6.16. The summed E-state index contributed by atoms with van der Waals surface area (Å²) in [6.07, 6.45) is 0.109. The van der Waals surface area contributed by atoms with Gasteiger partial charge in [-0.1, -0.05) is 41.9 Å². The van der Waals surface area contributed by atoms with Gasteiger partial charge in [0.1, 0.15) is 31.6 Å². The molecule has 34 heavy (non-hydrogen) atoms. The highest BCUT2D eigenvalue weighted by Gasteiger charge is 2.56. The van der Waals surface area contributed by atoms with Crippen molar-refractivity contribution < 1.29 is 19.1 Å². The Hall–Kier alpha value is -3.14. The molecule has 3 amide bonds. The lowest BCUT2D eigenvalue weighted by molar-refractivity contribution is -0.152. The Labute approximate surface area is 202 Å².